The Hall–Kier alpha value is 0.160. The predicted octanol–water partition coefficient (Wildman–Crippen LogP) is 5.09. The van der Waals surface area contributed by atoms with Crippen LogP contribution in [0, 0.1) is 0 Å². The van der Waals surface area contributed by atoms with E-state index in [1.807, 2.05) is 58.0 Å². The summed E-state index contributed by atoms with van der Waals surface area (Å²) in [6.07, 6.45) is 0. The minimum absolute atomic E-state index is 0.425. The van der Waals surface area contributed by atoms with E-state index in [1.54, 1.807) is 4.44 Å². The van der Waals surface area contributed by atoms with E-state index in [4.69, 9.17) is 41.7 Å². The lowest BCUT2D eigenvalue weighted by Crippen LogP contribution is -2.22. The molecule has 0 saturated heterocycles. The number of anilines is 1. The van der Waals surface area contributed by atoms with Gasteiger partial charge in [-0.3, -0.25) is 0 Å². The molecule has 23 heavy (non-hydrogen) atoms. The number of benzene rings is 1. The van der Waals surface area contributed by atoms with Gasteiger partial charge in [-0.15, -0.1) is 0 Å². The molecule has 9 heteroatoms. The second-order valence-corrected chi connectivity index (χ2v) is 11.0. The van der Waals surface area contributed by atoms with Crippen molar-refractivity contribution in [2.75, 3.05) is 30.9 Å². The largest absolute Gasteiger partial charge is 0.314 e. The molecular formula is C14H25NO4P2S2. The fraction of sp³-hybridized carbons (Fsp3) is 0.571. The summed E-state index contributed by atoms with van der Waals surface area (Å²) in [4.78, 5) is 0. The number of rotatable bonds is 11. The summed E-state index contributed by atoms with van der Waals surface area (Å²) in [5.74, 6) is 0. The Bertz CT molecular complexity index is 509. The highest BCUT2D eigenvalue weighted by molar-refractivity contribution is 8.20. The normalized spacial score (nSPS) is 12.3. The summed E-state index contributed by atoms with van der Waals surface area (Å²) in [5.41, 5.74) is 0.794. The number of nitrogens with zero attached hydrogens (tertiary/aromatic N) is 1. The van der Waals surface area contributed by atoms with Crippen molar-refractivity contribution in [3.05, 3.63) is 30.3 Å². The van der Waals surface area contributed by atoms with E-state index in [1.165, 1.54) is 0 Å². The molecule has 5 nitrogen and oxygen atoms in total. The highest BCUT2D eigenvalue weighted by Crippen LogP contribution is 2.70. The highest BCUT2D eigenvalue weighted by Gasteiger charge is 2.41. The Morgan fingerprint density at radius 1 is 0.739 bits per heavy atom. The molecule has 0 aliphatic rings. The van der Waals surface area contributed by atoms with Crippen molar-refractivity contribution < 1.29 is 18.1 Å². The minimum Gasteiger partial charge on any atom is -0.314 e. The van der Waals surface area contributed by atoms with Crippen molar-refractivity contribution in [3.63, 3.8) is 0 Å². The molecule has 0 amide bonds. The van der Waals surface area contributed by atoms with E-state index in [9.17, 15) is 0 Å². The molecule has 0 unspecified atom stereocenters. The average molecular weight is 397 g/mol. The monoisotopic (exact) mass is 397 g/mol. The second-order valence-electron chi connectivity index (χ2n) is 4.23. The van der Waals surface area contributed by atoms with Gasteiger partial charge in [-0.1, -0.05) is 18.2 Å². The summed E-state index contributed by atoms with van der Waals surface area (Å²) in [6.45, 7) is 3.49. The van der Waals surface area contributed by atoms with Crippen LogP contribution in [0.5, 0.6) is 0 Å². The van der Waals surface area contributed by atoms with Gasteiger partial charge in [0.2, 0.25) is 0 Å². The number of hydrogen-bond donors (Lipinski definition) is 0. The van der Waals surface area contributed by atoms with Crippen molar-refractivity contribution in [1.82, 2.24) is 0 Å². The van der Waals surface area contributed by atoms with Gasteiger partial charge in [-0.05, 0) is 63.4 Å². The van der Waals surface area contributed by atoms with Gasteiger partial charge in [0.15, 0.2) is 0 Å². The minimum atomic E-state index is -2.87. The van der Waals surface area contributed by atoms with Crippen molar-refractivity contribution >= 4 is 42.6 Å². The molecule has 0 fully saturated rings. The molecular weight excluding hydrogens is 372 g/mol. The fourth-order valence-electron chi connectivity index (χ4n) is 1.92. The van der Waals surface area contributed by atoms with Crippen LogP contribution in [-0.2, 0) is 41.7 Å². The Morgan fingerprint density at radius 3 is 1.39 bits per heavy atom. The Balaban J connectivity index is 3.47. The van der Waals surface area contributed by atoms with E-state index >= 15 is 0 Å². The van der Waals surface area contributed by atoms with E-state index < -0.39 is 13.3 Å². The summed E-state index contributed by atoms with van der Waals surface area (Å²) in [7, 11) is 0. The molecule has 0 N–H and O–H groups in total. The van der Waals surface area contributed by atoms with Crippen LogP contribution in [0.2, 0.25) is 0 Å². The van der Waals surface area contributed by atoms with Crippen LogP contribution < -0.4 is 4.44 Å². The number of hydrogen-bond acceptors (Lipinski definition) is 6. The standard InChI is InChI=1S/C14H25NO4P2S2/c1-5-16-20(22,17-6-2)15(14-12-10-9-11-13-14)21(23,18-7-3)19-8-4/h9-13H,5-8H2,1-4H3. The van der Waals surface area contributed by atoms with E-state index in [2.05, 4.69) is 0 Å². The van der Waals surface area contributed by atoms with Crippen molar-refractivity contribution in [3.8, 4) is 0 Å². The lowest BCUT2D eigenvalue weighted by atomic mass is 10.3. The maximum absolute atomic E-state index is 5.86. The summed E-state index contributed by atoms with van der Waals surface area (Å²) in [5, 5.41) is 0. The van der Waals surface area contributed by atoms with E-state index in [-0.39, 0.29) is 0 Å². The molecule has 0 spiro atoms. The van der Waals surface area contributed by atoms with Crippen molar-refractivity contribution in [1.29, 1.82) is 0 Å². The van der Waals surface area contributed by atoms with Gasteiger partial charge in [0, 0.05) is 0 Å². The molecule has 0 atom stereocenters. The first-order chi connectivity index (χ1) is 11.0. The highest BCUT2D eigenvalue weighted by atomic mass is 32.5. The zero-order valence-electron chi connectivity index (χ0n) is 14.0. The molecule has 0 radical (unpaired) electrons. The van der Waals surface area contributed by atoms with Crippen LogP contribution >= 0.6 is 13.3 Å². The maximum Gasteiger partial charge on any atom is 0.297 e. The predicted molar refractivity (Wildman–Crippen MR) is 104 cm³/mol. The molecule has 0 aliphatic carbocycles. The van der Waals surface area contributed by atoms with Crippen molar-refractivity contribution in [2.45, 2.75) is 27.7 Å². The summed E-state index contributed by atoms with van der Waals surface area (Å²) >= 11 is 11.5. The van der Waals surface area contributed by atoms with Gasteiger partial charge in [0.25, 0.3) is 13.3 Å². The number of para-hydroxylation sites is 1. The van der Waals surface area contributed by atoms with Gasteiger partial charge < -0.3 is 18.1 Å². The SMILES string of the molecule is CCOP(=S)(OCC)N(c1ccccc1)P(=S)(OCC)OCC. The third-order valence-corrected chi connectivity index (χ3v) is 10.7. The van der Waals surface area contributed by atoms with E-state index in [0.717, 1.165) is 5.69 Å². The first-order valence-corrected chi connectivity index (χ1v) is 12.8. The van der Waals surface area contributed by atoms with Crippen LogP contribution in [0.15, 0.2) is 30.3 Å². The molecule has 0 aromatic heterocycles. The molecule has 1 aromatic carbocycles. The van der Waals surface area contributed by atoms with Gasteiger partial charge >= 0.3 is 0 Å². The van der Waals surface area contributed by atoms with E-state index in [0.29, 0.717) is 26.4 Å². The fourth-order valence-corrected chi connectivity index (χ4v) is 10.3. The molecule has 132 valence electrons. The van der Waals surface area contributed by atoms with Crippen LogP contribution in [-0.4, -0.2) is 26.4 Å². The second kappa shape index (κ2) is 10.2. The zero-order valence-corrected chi connectivity index (χ0v) is 17.4. The summed E-state index contributed by atoms with van der Waals surface area (Å²) in [6, 6.07) is 9.59. The van der Waals surface area contributed by atoms with Gasteiger partial charge in [-0.25, -0.2) is 4.44 Å². The Kier molecular flexibility index (Phi) is 9.42. The third kappa shape index (κ3) is 5.58. The smallest absolute Gasteiger partial charge is 0.297 e. The molecule has 1 rings (SSSR count). The first-order valence-electron chi connectivity index (χ1n) is 7.61. The lowest BCUT2D eigenvalue weighted by molar-refractivity contribution is 0.251. The van der Waals surface area contributed by atoms with Gasteiger partial charge in [0.1, 0.15) is 0 Å². The molecule has 0 heterocycles. The first kappa shape index (κ1) is 21.2. The third-order valence-electron chi connectivity index (χ3n) is 2.62. The topological polar surface area (TPSA) is 40.2 Å². The average Bonchev–Trinajstić information content (AvgIpc) is 2.49. The van der Waals surface area contributed by atoms with Crippen molar-refractivity contribution in [2.24, 2.45) is 0 Å². The molecule has 1 aromatic rings. The molecule has 0 aliphatic heterocycles. The van der Waals surface area contributed by atoms with Crippen LogP contribution in [0.25, 0.3) is 0 Å². The Morgan fingerprint density at radius 2 is 1.09 bits per heavy atom. The molecule has 0 bridgehead atoms. The van der Waals surface area contributed by atoms with Gasteiger partial charge in [-0.2, -0.15) is 0 Å². The maximum atomic E-state index is 5.86. The zero-order chi connectivity index (χ0) is 17.3. The van der Waals surface area contributed by atoms with Crippen LogP contribution in [0.4, 0.5) is 5.69 Å². The summed E-state index contributed by atoms with van der Waals surface area (Å²) < 4.78 is 25.2. The lowest BCUT2D eigenvalue weighted by Gasteiger charge is -2.40. The van der Waals surface area contributed by atoms with Gasteiger partial charge in [0.05, 0.1) is 32.1 Å². The quantitative estimate of drug-likeness (QED) is 0.482. The molecule has 0 saturated carbocycles. The van der Waals surface area contributed by atoms with Crippen LogP contribution in [0.1, 0.15) is 27.7 Å². The van der Waals surface area contributed by atoms with Crippen LogP contribution in [0.3, 0.4) is 0 Å². The Labute approximate surface area is 149 Å².